The highest BCUT2D eigenvalue weighted by Crippen LogP contribution is 2.44. The number of aliphatic carboxylic acids is 1. The number of carbonyl (C=O) groups is 4. The summed E-state index contributed by atoms with van der Waals surface area (Å²) in [6, 6.07) is 11.8. The van der Waals surface area contributed by atoms with Crippen LogP contribution in [0.2, 0.25) is 0 Å². The van der Waals surface area contributed by atoms with Gasteiger partial charge in [0.05, 0.1) is 34.0 Å². The molecule has 32 nitrogen and oxygen atoms in total. The molecule has 3 aromatic rings. The minimum Gasteiger partial charge on any atom is -0.504 e. The summed E-state index contributed by atoms with van der Waals surface area (Å²) >= 11 is 0. The number of aliphatic hydroxyl groups is 9. The first-order valence-electron chi connectivity index (χ1n) is 26.8. The number of phenolic OH excluding ortho intramolecular Hbond substituents is 3. The Kier molecular flexibility index (Phi) is 21.6. The number of aromatic hydroxyl groups is 3. The van der Waals surface area contributed by atoms with Crippen molar-refractivity contribution in [3.63, 3.8) is 0 Å². The normalized spacial score (nSPS) is 26.7. The van der Waals surface area contributed by atoms with Crippen LogP contribution in [0.4, 0.5) is 0 Å². The van der Waals surface area contributed by atoms with Crippen LogP contribution in [-0.4, -0.2) is 231 Å². The molecule has 13 N–H and O–H groups in total. The van der Waals surface area contributed by atoms with Gasteiger partial charge in [-0.25, -0.2) is 9.59 Å². The second-order valence-electron chi connectivity index (χ2n) is 20.1. The molecule has 32 heteroatoms. The number of rotatable bonds is 23. The number of hydrogen-bond donors (Lipinski definition) is 13. The fourth-order valence-corrected chi connectivity index (χ4v) is 9.23. The molecule has 1 aliphatic carbocycles. The smallest absolute Gasteiger partial charge is 0.330 e. The van der Waals surface area contributed by atoms with E-state index in [9.17, 15) is 85.3 Å². The summed E-state index contributed by atoms with van der Waals surface area (Å²) in [7, 11) is 5.19. The van der Waals surface area contributed by atoms with E-state index in [2.05, 4.69) is 0 Å². The lowest BCUT2D eigenvalue weighted by atomic mass is 9.99. The summed E-state index contributed by atoms with van der Waals surface area (Å²) in [4.78, 5) is 62.9. The van der Waals surface area contributed by atoms with Crippen molar-refractivity contribution < 1.29 is 152 Å². The quantitative estimate of drug-likeness (QED) is 0.0156. The Morgan fingerprint density at radius 1 is 0.489 bits per heavy atom. The Balaban J connectivity index is 1.06. The number of fused-ring (bicyclic) bond motifs is 1. The number of hydrogen-bond acceptors (Lipinski definition) is 31. The third kappa shape index (κ3) is 15.3. The van der Waals surface area contributed by atoms with Crippen LogP contribution >= 0.6 is 0 Å². The van der Waals surface area contributed by atoms with Gasteiger partial charge in [0, 0.05) is 29.8 Å². The van der Waals surface area contributed by atoms with Crippen molar-refractivity contribution in [1.82, 2.24) is 0 Å². The van der Waals surface area contributed by atoms with E-state index < -0.39 is 176 Å². The Morgan fingerprint density at radius 3 is 1.34 bits per heavy atom. The van der Waals surface area contributed by atoms with Crippen molar-refractivity contribution >= 4 is 36.0 Å². The molecule has 486 valence electrons. The molecule has 0 aromatic heterocycles. The molecule has 15 atom stereocenters. The van der Waals surface area contributed by atoms with Crippen molar-refractivity contribution in [2.75, 3.05) is 48.3 Å². The minimum atomic E-state index is -2.13. The molecular formula is C58H62O32. The van der Waals surface area contributed by atoms with E-state index in [1.54, 1.807) is 0 Å². The van der Waals surface area contributed by atoms with E-state index in [0.717, 1.165) is 42.5 Å². The van der Waals surface area contributed by atoms with Crippen molar-refractivity contribution in [2.24, 2.45) is 0 Å². The number of carboxylic acids is 1. The number of benzene rings is 4. The number of phenols is 3. The van der Waals surface area contributed by atoms with Gasteiger partial charge in [-0.3, -0.25) is 14.4 Å². The summed E-state index contributed by atoms with van der Waals surface area (Å²) in [6.07, 6.45) is -25.4. The zero-order valence-corrected chi connectivity index (χ0v) is 47.6. The zero-order chi connectivity index (χ0) is 65.4. The number of carbonyl (C=O) groups excluding carboxylic acids is 3. The van der Waals surface area contributed by atoms with Crippen molar-refractivity contribution in [3.8, 4) is 80.1 Å². The maximum atomic E-state index is 14.0. The van der Waals surface area contributed by atoms with Crippen LogP contribution in [0.25, 0.3) is 34.8 Å². The topological polar surface area (TPSA) is 481 Å². The summed E-state index contributed by atoms with van der Waals surface area (Å²) < 4.78 is 77.0. The molecule has 0 spiro atoms. The van der Waals surface area contributed by atoms with Crippen LogP contribution in [0.3, 0.4) is 0 Å². The molecule has 3 fully saturated rings. The Morgan fingerprint density at radius 2 is 0.911 bits per heavy atom. The fraction of sp³-hybridized carbons (Fsp3) is 0.397. The Hall–Kier alpha value is -9.03. The maximum absolute atomic E-state index is 14.0. The van der Waals surface area contributed by atoms with Gasteiger partial charge in [0.25, 0.3) is 0 Å². The number of ether oxygens (including phenoxy) is 13. The van der Waals surface area contributed by atoms with E-state index >= 15 is 0 Å². The first-order chi connectivity index (χ1) is 42.8. The number of esters is 3. The summed E-state index contributed by atoms with van der Waals surface area (Å²) in [6.45, 7) is -2.36. The molecule has 8 rings (SSSR count). The van der Waals surface area contributed by atoms with Crippen LogP contribution in [-0.2, 0) is 47.6 Å². The second kappa shape index (κ2) is 29.1. The average Bonchev–Trinajstić information content (AvgIpc) is 0.840. The average molecular weight is 1270 g/mol. The second-order valence-corrected chi connectivity index (χ2v) is 20.1. The van der Waals surface area contributed by atoms with E-state index in [1.165, 1.54) is 70.9 Å². The minimum absolute atomic E-state index is 0.0258. The van der Waals surface area contributed by atoms with Gasteiger partial charge in [-0.2, -0.15) is 0 Å². The molecule has 4 heterocycles. The molecule has 0 bridgehead atoms. The van der Waals surface area contributed by atoms with E-state index in [-0.39, 0.29) is 51.4 Å². The van der Waals surface area contributed by atoms with E-state index in [0.29, 0.717) is 11.1 Å². The van der Waals surface area contributed by atoms with E-state index in [4.69, 9.17) is 71.1 Å². The summed E-state index contributed by atoms with van der Waals surface area (Å²) in [5.74, 6) is -8.26. The number of aliphatic hydroxyl groups excluding tert-OH is 9. The zero-order valence-electron chi connectivity index (χ0n) is 47.6. The SMILES string of the molecule is COc1cc(C=CC(=O)OC[C@@H]2O[C@@H](Oc3cc4oc(-c5ccc(O)c(O[C@@H]6O[C@H](COC(=O)C=Cc7cc(OC)c(O)c(OC)c7)[C@H](O)[C@@H](O)[C@@H]6O)c5)c(O[C@@H]5O[C@H](COC(=O)CC(=O)O)[C@H](O)[C@H](O)[C@H]5O)cc-4c(=O)c3)[C@@H](O)[C@@H](O)[C@H]2O)cc(OC)c1O. The lowest BCUT2D eigenvalue weighted by Gasteiger charge is -2.40. The first-order valence-corrected chi connectivity index (χ1v) is 26.8. The predicted molar refractivity (Wildman–Crippen MR) is 296 cm³/mol. The predicted octanol–water partition coefficient (Wildman–Crippen LogP) is -1.35. The number of carboxylic acid groups (broad SMARTS) is 1. The Labute approximate surface area is 507 Å². The molecule has 3 saturated heterocycles. The molecular weight excluding hydrogens is 1210 g/mol. The summed E-state index contributed by atoms with van der Waals surface area (Å²) in [5.41, 5.74) is -0.757. The highest BCUT2D eigenvalue weighted by atomic mass is 16.7. The monoisotopic (exact) mass is 1270 g/mol. The van der Waals surface area contributed by atoms with Crippen molar-refractivity contribution in [2.45, 2.75) is 98.5 Å². The van der Waals surface area contributed by atoms with Crippen molar-refractivity contribution in [3.05, 3.63) is 94.2 Å². The van der Waals surface area contributed by atoms with E-state index in [1.807, 2.05) is 0 Å². The third-order valence-electron chi connectivity index (χ3n) is 14.1. The largest absolute Gasteiger partial charge is 0.504 e. The van der Waals surface area contributed by atoms with Gasteiger partial charge in [-0.1, -0.05) is 0 Å². The molecule has 0 unspecified atom stereocenters. The maximum Gasteiger partial charge on any atom is 0.330 e. The van der Waals surface area contributed by atoms with Crippen LogP contribution in [0.15, 0.2) is 82.0 Å². The molecule has 4 aliphatic heterocycles. The standard InChI is InChI=1S/C58H62O32/c1-77-32-11-23(12-33(78-2)44(32)66)5-9-41(63)81-20-37-46(68)49(71)52(74)56(88-37)84-26-16-29(60)27-18-36(87-58-54(76)51(73)48(70)39(90-58)22-83-43(65)19-40(61)62)55(85-30(27)17-26)25-7-8-28(59)31(15-25)86-57-53(75)50(72)47(69)38(89-57)21-82-42(64)10-6-24-13-34(79-3)45(67)35(14-24)80-4/h5-18,37-39,46-54,56-59,66-76H,19-22H2,1-4H3,(H,61,62)/t37-,38+,39+,46-,47-,48-,49-,50+,51-,52-,53-,54+,56+,57+,58+/m0/s1. The van der Waals surface area contributed by atoms with Crippen LogP contribution in [0.5, 0.6) is 57.5 Å². The highest BCUT2D eigenvalue weighted by Gasteiger charge is 2.49. The molecule has 90 heavy (non-hydrogen) atoms. The van der Waals surface area contributed by atoms with Gasteiger partial charge in [-0.05, 0) is 71.8 Å². The number of methoxy groups -OCH3 is 4. The fourth-order valence-electron chi connectivity index (χ4n) is 9.23. The first kappa shape index (κ1) is 66.9. The molecule has 5 aliphatic rings. The van der Waals surface area contributed by atoms with Gasteiger partial charge in [-0.15, -0.1) is 0 Å². The molecule has 0 amide bonds. The van der Waals surface area contributed by atoms with Crippen molar-refractivity contribution in [1.29, 1.82) is 0 Å². The van der Waals surface area contributed by atoms with Gasteiger partial charge >= 0.3 is 23.9 Å². The molecule has 3 aromatic carbocycles. The third-order valence-corrected chi connectivity index (χ3v) is 14.1. The molecule has 0 saturated carbocycles. The van der Waals surface area contributed by atoms with Crippen LogP contribution in [0, 0.1) is 0 Å². The van der Waals surface area contributed by atoms with Gasteiger partial charge in [0.15, 0.2) is 51.4 Å². The van der Waals surface area contributed by atoms with Gasteiger partial charge < -0.3 is 132 Å². The summed E-state index contributed by atoms with van der Waals surface area (Å²) in [5, 5.41) is 139. The molecule has 0 radical (unpaired) electrons. The highest BCUT2D eigenvalue weighted by molar-refractivity contribution is 5.90. The lowest BCUT2D eigenvalue weighted by Crippen LogP contribution is -2.60. The van der Waals surface area contributed by atoms with Gasteiger partial charge in [0.2, 0.25) is 30.4 Å². The lowest BCUT2D eigenvalue weighted by molar-refractivity contribution is -0.278. The van der Waals surface area contributed by atoms with Gasteiger partial charge in [0.1, 0.15) is 111 Å². The Bertz CT molecular complexity index is 3420. The van der Waals surface area contributed by atoms with Crippen LogP contribution < -0.4 is 38.6 Å². The van der Waals surface area contributed by atoms with Crippen LogP contribution in [0.1, 0.15) is 17.5 Å².